The van der Waals surface area contributed by atoms with Crippen molar-refractivity contribution in [3.05, 3.63) is 24.7 Å². The molecule has 1 aromatic rings. The van der Waals surface area contributed by atoms with Crippen LogP contribution >= 0.6 is 0 Å². The number of hydrogen-bond donors (Lipinski definition) is 1. The fourth-order valence-corrected chi connectivity index (χ4v) is 4.30. The second kappa shape index (κ2) is 7.32. The molecule has 1 aliphatic carbocycles. The van der Waals surface area contributed by atoms with Crippen LogP contribution in [0.25, 0.3) is 0 Å². The minimum atomic E-state index is -0.549. The van der Waals surface area contributed by atoms with Crippen molar-refractivity contribution in [2.75, 3.05) is 30.4 Å². The molecule has 1 amide bonds. The van der Waals surface area contributed by atoms with Crippen molar-refractivity contribution in [2.24, 2.45) is 17.8 Å². The summed E-state index contributed by atoms with van der Waals surface area (Å²) >= 11 is 0. The van der Waals surface area contributed by atoms with Gasteiger partial charge in [0.25, 0.3) is 0 Å². The molecule has 0 aromatic carbocycles. The van der Waals surface area contributed by atoms with Crippen LogP contribution in [0.3, 0.4) is 0 Å². The number of carbonyl (C=O) groups excluding carboxylic acids is 1. The summed E-state index contributed by atoms with van der Waals surface area (Å²) in [6.45, 7) is 8.92. The first-order valence-corrected chi connectivity index (χ1v) is 9.06. The Morgan fingerprint density at radius 2 is 2.12 bits per heavy atom. The molecule has 0 radical (unpaired) electrons. The maximum Gasteiger partial charge on any atom is 0.239 e. The van der Waals surface area contributed by atoms with E-state index in [4.69, 9.17) is 5.26 Å². The summed E-state index contributed by atoms with van der Waals surface area (Å²) in [4.78, 5) is 25.1. The number of amides is 1. The first-order chi connectivity index (χ1) is 12.5. The highest BCUT2D eigenvalue weighted by Gasteiger charge is 2.44. The van der Waals surface area contributed by atoms with Gasteiger partial charge in [-0.25, -0.2) is 9.97 Å². The molecule has 1 aromatic heterocycles. The Hall–Kier alpha value is -2.62. The Morgan fingerprint density at radius 3 is 2.69 bits per heavy atom. The van der Waals surface area contributed by atoms with Gasteiger partial charge in [-0.1, -0.05) is 6.58 Å². The number of fused-ring (bicyclic) bond motifs is 1. The maximum absolute atomic E-state index is 12.2. The zero-order valence-electron chi connectivity index (χ0n) is 15.6. The van der Waals surface area contributed by atoms with E-state index in [0.29, 0.717) is 17.9 Å². The Balaban J connectivity index is 1.67. The molecular formula is C19H26N6O. The highest BCUT2D eigenvalue weighted by molar-refractivity contribution is 5.81. The van der Waals surface area contributed by atoms with Gasteiger partial charge in [-0.15, -0.1) is 0 Å². The van der Waals surface area contributed by atoms with Crippen LogP contribution in [0.4, 0.5) is 11.6 Å². The van der Waals surface area contributed by atoms with E-state index < -0.39 is 5.92 Å². The molecule has 3 atom stereocenters. The average Bonchev–Trinajstić information content (AvgIpc) is 3.21. The lowest BCUT2D eigenvalue weighted by Gasteiger charge is -2.29. The fourth-order valence-electron chi connectivity index (χ4n) is 4.30. The van der Waals surface area contributed by atoms with E-state index in [1.54, 1.807) is 19.5 Å². The standard InChI is InChI=1S/C19H26N6O/c1-5-21-17-13(3)18(23-11-22-17)24(4)16-6-14-9-25(10-15(14)7-16)19(26)12(2)8-20/h5,11-12,14-16H,1,6-7,9-10H2,2-4H3,(H,21,22,23). The van der Waals surface area contributed by atoms with Crippen molar-refractivity contribution >= 4 is 17.5 Å². The molecule has 7 nitrogen and oxygen atoms in total. The van der Waals surface area contributed by atoms with Gasteiger partial charge in [0.05, 0.1) is 6.07 Å². The van der Waals surface area contributed by atoms with Crippen molar-refractivity contribution in [1.29, 1.82) is 5.26 Å². The first-order valence-electron chi connectivity index (χ1n) is 9.06. The van der Waals surface area contributed by atoms with E-state index in [0.717, 1.165) is 43.1 Å². The van der Waals surface area contributed by atoms with Crippen molar-refractivity contribution in [1.82, 2.24) is 14.9 Å². The molecule has 1 saturated carbocycles. The number of aromatic nitrogens is 2. The zero-order chi connectivity index (χ0) is 18.8. The van der Waals surface area contributed by atoms with Crippen molar-refractivity contribution in [3.8, 4) is 6.07 Å². The predicted molar refractivity (Wildman–Crippen MR) is 100 cm³/mol. The van der Waals surface area contributed by atoms with Crippen LogP contribution in [0.1, 0.15) is 25.3 Å². The molecule has 26 heavy (non-hydrogen) atoms. The highest BCUT2D eigenvalue weighted by atomic mass is 16.2. The number of rotatable bonds is 5. The Kier molecular flexibility index (Phi) is 5.12. The third kappa shape index (κ3) is 3.24. The molecule has 1 saturated heterocycles. The zero-order valence-corrected chi connectivity index (χ0v) is 15.6. The van der Waals surface area contributed by atoms with Gasteiger partial charge in [0.1, 0.15) is 23.9 Å². The summed E-state index contributed by atoms with van der Waals surface area (Å²) in [5, 5.41) is 12.0. The van der Waals surface area contributed by atoms with Gasteiger partial charge in [-0.2, -0.15) is 5.26 Å². The number of likely N-dealkylation sites (tertiary alicyclic amines) is 1. The number of nitrogens with one attached hydrogen (secondary N) is 1. The summed E-state index contributed by atoms with van der Waals surface area (Å²) in [5.41, 5.74) is 1.01. The molecular weight excluding hydrogens is 328 g/mol. The molecule has 1 aliphatic heterocycles. The topological polar surface area (TPSA) is 85.2 Å². The van der Waals surface area contributed by atoms with Gasteiger partial charge in [-0.3, -0.25) is 4.79 Å². The van der Waals surface area contributed by atoms with Crippen molar-refractivity contribution in [3.63, 3.8) is 0 Å². The SMILES string of the molecule is C=CNc1ncnc(N(C)C2CC3CN(C(=O)C(C)C#N)CC3C2)c1C. The Bertz CT molecular complexity index is 728. The van der Waals surface area contributed by atoms with Crippen LogP contribution in [0.2, 0.25) is 0 Å². The molecule has 138 valence electrons. The highest BCUT2D eigenvalue weighted by Crippen LogP contribution is 2.41. The van der Waals surface area contributed by atoms with Gasteiger partial charge < -0.3 is 15.1 Å². The Labute approximate surface area is 154 Å². The monoisotopic (exact) mass is 354 g/mol. The summed E-state index contributed by atoms with van der Waals surface area (Å²) in [5.74, 6) is 2.14. The van der Waals surface area contributed by atoms with E-state index in [-0.39, 0.29) is 5.91 Å². The van der Waals surface area contributed by atoms with Gasteiger partial charge in [-0.05, 0) is 44.7 Å². The number of hydrogen-bond acceptors (Lipinski definition) is 6. The van der Waals surface area contributed by atoms with Gasteiger partial charge >= 0.3 is 0 Å². The molecule has 1 N–H and O–H groups in total. The lowest BCUT2D eigenvalue weighted by Crippen LogP contribution is -2.36. The second-order valence-corrected chi connectivity index (χ2v) is 7.37. The Morgan fingerprint density at radius 1 is 1.46 bits per heavy atom. The molecule has 3 rings (SSSR count). The van der Waals surface area contributed by atoms with Gasteiger partial charge in [0.2, 0.25) is 5.91 Å². The van der Waals surface area contributed by atoms with Crippen molar-refractivity contribution < 1.29 is 4.79 Å². The van der Waals surface area contributed by atoms with Crippen LogP contribution in [0.5, 0.6) is 0 Å². The lowest BCUT2D eigenvalue weighted by molar-refractivity contribution is -0.132. The number of anilines is 2. The third-order valence-electron chi connectivity index (χ3n) is 5.78. The predicted octanol–water partition coefficient (Wildman–Crippen LogP) is 2.17. The number of nitrogens with zero attached hydrogens (tertiary/aromatic N) is 5. The molecule has 0 bridgehead atoms. The van der Waals surface area contributed by atoms with Crippen molar-refractivity contribution in [2.45, 2.75) is 32.7 Å². The van der Waals surface area contributed by atoms with Crippen LogP contribution in [0.15, 0.2) is 19.1 Å². The fraction of sp³-hybridized carbons (Fsp3) is 0.579. The van der Waals surface area contributed by atoms with Crippen LogP contribution in [0, 0.1) is 36.0 Å². The van der Waals surface area contributed by atoms with E-state index in [1.165, 1.54) is 0 Å². The summed E-state index contributed by atoms with van der Waals surface area (Å²) in [7, 11) is 2.08. The smallest absolute Gasteiger partial charge is 0.239 e. The first kappa shape index (κ1) is 18.2. The van der Waals surface area contributed by atoms with E-state index in [2.05, 4.69) is 39.9 Å². The van der Waals surface area contributed by atoms with Crippen LogP contribution < -0.4 is 10.2 Å². The minimum Gasteiger partial charge on any atom is -0.356 e. The molecule has 2 heterocycles. The number of nitriles is 1. The van der Waals surface area contributed by atoms with Crippen LogP contribution in [-0.2, 0) is 4.79 Å². The van der Waals surface area contributed by atoms with Gasteiger partial charge in [0, 0.05) is 31.7 Å². The molecule has 2 fully saturated rings. The summed E-state index contributed by atoms with van der Waals surface area (Å²) in [6, 6.07) is 2.45. The van der Waals surface area contributed by atoms with E-state index >= 15 is 0 Å². The average molecular weight is 354 g/mol. The normalized spacial score (nSPS) is 25.3. The second-order valence-electron chi connectivity index (χ2n) is 7.37. The maximum atomic E-state index is 12.2. The summed E-state index contributed by atoms with van der Waals surface area (Å²) in [6.07, 6.45) is 5.27. The molecule has 2 aliphatic rings. The third-order valence-corrected chi connectivity index (χ3v) is 5.78. The summed E-state index contributed by atoms with van der Waals surface area (Å²) < 4.78 is 0. The number of carbonyl (C=O) groups is 1. The molecule has 0 spiro atoms. The van der Waals surface area contributed by atoms with Gasteiger partial charge in [0.15, 0.2) is 0 Å². The lowest BCUT2D eigenvalue weighted by atomic mass is 10.0. The van der Waals surface area contributed by atoms with E-state index in [1.807, 2.05) is 11.8 Å². The van der Waals surface area contributed by atoms with E-state index in [9.17, 15) is 4.79 Å². The van der Waals surface area contributed by atoms with Crippen LogP contribution in [-0.4, -0.2) is 47.0 Å². The largest absolute Gasteiger partial charge is 0.356 e. The quantitative estimate of drug-likeness (QED) is 0.872. The molecule has 7 heteroatoms. The minimum absolute atomic E-state index is 0.0291. The molecule has 3 unspecified atom stereocenters.